The maximum absolute atomic E-state index is 11.7. The van der Waals surface area contributed by atoms with Gasteiger partial charge in [-0.2, -0.15) is 0 Å². The lowest BCUT2D eigenvalue weighted by Gasteiger charge is -2.32. The van der Waals surface area contributed by atoms with Gasteiger partial charge < -0.3 is 9.47 Å². The molecule has 0 spiro atoms. The van der Waals surface area contributed by atoms with Crippen molar-refractivity contribution >= 4 is 5.97 Å². The van der Waals surface area contributed by atoms with Crippen molar-refractivity contribution in [1.29, 1.82) is 0 Å². The fraction of sp³-hybridized carbons (Fsp3) is 0.533. The van der Waals surface area contributed by atoms with E-state index in [1.165, 1.54) is 18.2 Å². The zero-order chi connectivity index (χ0) is 13.3. The van der Waals surface area contributed by atoms with Gasteiger partial charge in [0.2, 0.25) is 0 Å². The average molecular weight is 248 g/mol. The van der Waals surface area contributed by atoms with E-state index in [1.807, 2.05) is 6.07 Å². The Labute approximate surface area is 108 Å². The van der Waals surface area contributed by atoms with Gasteiger partial charge in [0.05, 0.1) is 19.8 Å². The van der Waals surface area contributed by atoms with E-state index < -0.39 is 0 Å². The highest BCUT2D eigenvalue weighted by atomic mass is 16.5. The molecule has 0 heterocycles. The van der Waals surface area contributed by atoms with Gasteiger partial charge >= 0.3 is 5.97 Å². The number of carbonyl (C=O) groups excluding carboxylic acids is 1. The van der Waals surface area contributed by atoms with E-state index in [-0.39, 0.29) is 11.4 Å². The summed E-state index contributed by atoms with van der Waals surface area (Å²) in [5.41, 5.74) is 3.31. The minimum atomic E-state index is -0.306. The van der Waals surface area contributed by atoms with Crippen LogP contribution in [0.15, 0.2) is 12.1 Å². The second-order valence-electron chi connectivity index (χ2n) is 5.65. The van der Waals surface area contributed by atoms with Crippen LogP contribution in [0, 0.1) is 5.41 Å². The van der Waals surface area contributed by atoms with Crippen LogP contribution < -0.4 is 4.74 Å². The molecule has 0 amide bonds. The van der Waals surface area contributed by atoms with Gasteiger partial charge in [0, 0.05) is 0 Å². The average Bonchev–Trinajstić information content (AvgIpc) is 2.34. The second kappa shape index (κ2) is 4.63. The Morgan fingerprint density at radius 3 is 2.61 bits per heavy atom. The molecule has 3 heteroatoms. The van der Waals surface area contributed by atoms with Crippen LogP contribution in [0.5, 0.6) is 5.75 Å². The molecule has 18 heavy (non-hydrogen) atoms. The highest BCUT2D eigenvalue weighted by molar-refractivity contribution is 5.90. The van der Waals surface area contributed by atoms with Crippen molar-refractivity contribution in [3.63, 3.8) is 0 Å². The number of hydrogen-bond donors (Lipinski definition) is 0. The molecule has 0 radical (unpaired) electrons. The van der Waals surface area contributed by atoms with Gasteiger partial charge in [-0.1, -0.05) is 13.8 Å². The molecule has 1 aromatic carbocycles. The normalized spacial score (nSPS) is 16.9. The molecule has 3 nitrogen and oxygen atoms in total. The Morgan fingerprint density at radius 1 is 1.28 bits per heavy atom. The monoisotopic (exact) mass is 248 g/mol. The molecule has 0 saturated heterocycles. The minimum absolute atomic E-state index is 0.284. The van der Waals surface area contributed by atoms with E-state index >= 15 is 0 Å². The minimum Gasteiger partial charge on any atom is -0.496 e. The molecule has 0 fully saturated rings. The third-order valence-corrected chi connectivity index (χ3v) is 3.66. The molecule has 1 aliphatic rings. The van der Waals surface area contributed by atoms with Crippen LogP contribution in [-0.2, 0) is 17.6 Å². The first-order chi connectivity index (χ1) is 8.46. The first kappa shape index (κ1) is 12.9. The van der Waals surface area contributed by atoms with Crippen molar-refractivity contribution in [3.8, 4) is 5.75 Å². The fourth-order valence-electron chi connectivity index (χ4n) is 2.63. The molecule has 0 bridgehead atoms. The van der Waals surface area contributed by atoms with Gasteiger partial charge in [0.1, 0.15) is 5.75 Å². The molecule has 2 rings (SSSR count). The van der Waals surface area contributed by atoms with E-state index in [0.29, 0.717) is 5.56 Å². The van der Waals surface area contributed by atoms with Crippen molar-refractivity contribution in [2.75, 3.05) is 14.2 Å². The lowest BCUT2D eigenvalue weighted by Crippen LogP contribution is -2.23. The van der Waals surface area contributed by atoms with Gasteiger partial charge in [0.25, 0.3) is 0 Å². The summed E-state index contributed by atoms with van der Waals surface area (Å²) in [4.78, 5) is 11.7. The second-order valence-corrected chi connectivity index (χ2v) is 5.65. The van der Waals surface area contributed by atoms with Crippen molar-refractivity contribution in [1.82, 2.24) is 0 Å². The summed E-state index contributed by atoms with van der Waals surface area (Å²) in [5, 5.41) is 0. The largest absolute Gasteiger partial charge is 0.496 e. The van der Waals surface area contributed by atoms with Crippen molar-refractivity contribution in [2.24, 2.45) is 5.41 Å². The topological polar surface area (TPSA) is 35.5 Å². The Balaban J connectivity index is 2.49. The predicted molar refractivity (Wildman–Crippen MR) is 70.1 cm³/mol. The quantitative estimate of drug-likeness (QED) is 0.755. The number of methoxy groups -OCH3 is 2. The van der Waals surface area contributed by atoms with E-state index in [4.69, 9.17) is 9.47 Å². The maximum Gasteiger partial charge on any atom is 0.337 e. The van der Waals surface area contributed by atoms with Crippen molar-refractivity contribution in [3.05, 3.63) is 28.8 Å². The summed E-state index contributed by atoms with van der Waals surface area (Å²) in [6.07, 6.45) is 3.13. The molecule has 0 unspecified atom stereocenters. The van der Waals surface area contributed by atoms with Gasteiger partial charge in [-0.25, -0.2) is 4.79 Å². The summed E-state index contributed by atoms with van der Waals surface area (Å²) in [6.45, 7) is 4.51. The van der Waals surface area contributed by atoms with E-state index in [9.17, 15) is 4.79 Å². The Hall–Kier alpha value is -1.51. The number of benzene rings is 1. The molecule has 0 aliphatic heterocycles. The summed E-state index contributed by atoms with van der Waals surface area (Å²) in [5.74, 6) is 0.503. The van der Waals surface area contributed by atoms with Gasteiger partial charge in [-0.3, -0.25) is 0 Å². The number of fused-ring (bicyclic) bond motifs is 1. The highest BCUT2D eigenvalue weighted by Crippen LogP contribution is 2.39. The molecule has 1 aliphatic carbocycles. The van der Waals surface area contributed by atoms with Crippen LogP contribution in [-0.4, -0.2) is 20.2 Å². The van der Waals surface area contributed by atoms with Crippen molar-refractivity contribution in [2.45, 2.75) is 33.1 Å². The highest BCUT2D eigenvalue weighted by Gasteiger charge is 2.28. The lowest BCUT2D eigenvalue weighted by molar-refractivity contribution is 0.0600. The Kier molecular flexibility index (Phi) is 3.33. The molecule has 0 aromatic heterocycles. The number of hydrogen-bond acceptors (Lipinski definition) is 3. The van der Waals surface area contributed by atoms with Crippen LogP contribution in [0.2, 0.25) is 0 Å². The fourth-order valence-corrected chi connectivity index (χ4v) is 2.63. The van der Waals surface area contributed by atoms with E-state index in [0.717, 1.165) is 25.0 Å². The maximum atomic E-state index is 11.7. The smallest absolute Gasteiger partial charge is 0.337 e. The van der Waals surface area contributed by atoms with E-state index in [1.54, 1.807) is 13.2 Å². The first-order valence-corrected chi connectivity index (χ1v) is 6.25. The molecule has 0 N–H and O–H groups in total. The Morgan fingerprint density at radius 2 is 2.00 bits per heavy atom. The van der Waals surface area contributed by atoms with Gasteiger partial charge in [-0.15, -0.1) is 0 Å². The van der Waals surface area contributed by atoms with Crippen LogP contribution in [0.4, 0.5) is 0 Å². The van der Waals surface area contributed by atoms with Crippen LogP contribution in [0.1, 0.15) is 41.8 Å². The molecule has 98 valence electrons. The third-order valence-electron chi connectivity index (χ3n) is 3.66. The predicted octanol–water partition coefficient (Wildman–Crippen LogP) is 3.00. The third kappa shape index (κ3) is 2.35. The molecular formula is C15H20O3. The van der Waals surface area contributed by atoms with Gasteiger partial charge in [-0.05, 0) is 47.9 Å². The summed E-state index contributed by atoms with van der Waals surface area (Å²) < 4.78 is 10.2. The summed E-state index contributed by atoms with van der Waals surface area (Å²) in [6, 6.07) is 3.73. The Bertz CT molecular complexity index is 475. The van der Waals surface area contributed by atoms with Gasteiger partial charge in [0.15, 0.2) is 0 Å². The molecular weight excluding hydrogens is 228 g/mol. The number of carbonyl (C=O) groups is 1. The van der Waals surface area contributed by atoms with Crippen LogP contribution in [0.3, 0.4) is 0 Å². The summed E-state index contributed by atoms with van der Waals surface area (Å²) in [7, 11) is 3.05. The number of ether oxygens (including phenoxy) is 2. The number of rotatable bonds is 2. The molecule has 0 saturated carbocycles. The number of esters is 1. The summed E-state index contributed by atoms with van der Waals surface area (Å²) >= 11 is 0. The SMILES string of the molecule is COC(=O)c1cc2c(c(OC)c1)CCC(C)(C)C2. The lowest BCUT2D eigenvalue weighted by atomic mass is 9.74. The first-order valence-electron chi connectivity index (χ1n) is 6.25. The van der Waals surface area contributed by atoms with Crippen LogP contribution >= 0.6 is 0 Å². The van der Waals surface area contributed by atoms with Crippen LogP contribution in [0.25, 0.3) is 0 Å². The van der Waals surface area contributed by atoms with E-state index in [2.05, 4.69) is 13.8 Å². The molecule has 0 atom stereocenters. The standard InChI is InChI=1S/C15H20O3/c1-15(2)6-5-12-11(9-15)7-10(14(16)18-4)8-13(12)17-3/h7-8H,5-6,9H2,1-4H3. The zero-order valence-corrected chi connectivity index (χ0v) is 11.5. The van der Waals surface area contributed by atoms with Crippen molar-refractivity contribution < 1.29 is 14.3 Å². The zero-order valence-electron chi connectivity index (χ0n) is 11.5. The molecule has 1 aromatic rings.